The summed E-state index contributed by atoms with van der Waals surface area (Å²) in [5.74, 6) is -0.146. The summed E-state index contributed by atoms with van der Waals surface area (Å²) < 4.78 is 32.4. The highest BCUT2D eigenvalue weighted by Crippen LogP contribution is 2.22. The summed E-state index contributed by atoms with van der Waals surface area (Å²) in [5, 5.41) is 1.75. The van der Waals surface area contributed by atoms with Crippen LogP contribution in [-0.2, 0) is 19.6 Å². The predicted molar refractivity (Wildman–Crippen MR) is 78.6 cm³/mol. The van der Waals surface area contributed by atoms with Crippen LogP contribution in [0.4, 0.5) is 0 Å². The van der Waals surface area contributed by atoms with Gasteiger partial charge in [-0.15, -0.1) is 11.3 Å². The molecule has 0 aromatic carbocycles. The Hall–Kier alpha value is -0.960. The van der Waals surface area contributed by atoms with Crippen molar-refractivity contribution in [3.8, 4) is 0 Å². The lowest BCUT2D eigenvalue weighted by atomic mass is 10.0. The maximum atomic E-state index is 12.2. The summed E-state index contributed by atoms with van der Waals surface area (Å²) >= 11 is 1.22. The maximum Gasteiger partial charge on any atom is 0.323 e. The minimum atomic E-state index is -3.41. The van der Waals surface area contributed by atoms with E-state index in [-0.39, 0.29) is 18.1 Å². The average molecular weight is 330 g/mol. The van der Waals surface area contributed by atoms with Gasteiger partial charge >= 0.3 is 5.97 Å². The summed E-state index contributed by atoms with van der Waals surface area (Å²) in [7, 11) is -3.41. The van der Waals surface area contributed by atoms with E-state index in [1.54, 1.807) is 17.5 Å². The molecule has 0 aliphatic carbocycles. The van der Waals surface area contributed by atoms with E-state index in [2.05, 4.69) is 9.62 Å². The van der Waals surface area contributed by atoms with E-state index in [4.69, 9.17) is 4.74 Å². The van der Waals surface area contributed by atoms with Crippen molar-refractivity contribution >= 4 is 27.3 Å². The molecule has 2 saturated heterocycles. The number of sulfonamides is 1. The van der Waals surface area contributed by atoms with Crippen LogP contribution in [0.3, 0.4) is 0 Å². The zero-order valence-electron chi connectivity index (χ0n) is 11.5. The first-order valence-electron chi connectivity index (χ1n) is 7.03. The number of piperidine rings is 1. The molecule has 0 bridgehead atoms. The quantitative estimate of drug-likeness (QED) is 0.827. The Bertz CT molecular complexity index is 592. The van der Waals surface area contributed by atoms with Gasteiger partial charge in [-0.1, -0.05) is 6.07 Å². The van der Waals surface area contributed by atoms with Gasteiger partial charge in [-0.25, -0.2) is 13.1 Å². The molecule has 3 heterocycles. The van der Waals surface area contributed by atoms with E-state index >= 15 is 0 Å². The van der Waals surface area contributed by atoms with Gasteiger partial charge in [0.2, 0.25) is 10.0 Å². The fourth-order valence-corrected chi connectivity index (χ4v) is 5.15. The molecule has 2 aliphatic rings. The third-order valence-corrected chi connectivity index (χ3v) is 6.88. The van der Waals surface area contributed by atoms with Crippen molar-refractivity contribution in [3.05, 3.63) is 17.5 Å². The first-order chi connectivity index (χ1) is 10.1. The van der Waals surface area contributed by atoms with Crippen molar-refractivity contribution in [1.82, 2.24) is 9.62 Å². The Morgan fingerprint density at radius 1 is 1.29 bits per heavy atom. The molecule has 3 rings (SSSR count). The van der Waals surface area contributed by atoms with Crippen LogP contribution in [0.25, 0.3) is 0 Å². The van der Waals surface area contributed by atoms with Crippen molar-refractivity contribution < 1.29 is 17.9 Å². The predicted octanol–water partition coefficient (Wildman–Crippen LogP) is 0.806. The number of rotatable bonds is 4. The molecule has 1 aromatic heterocycles. The molecule has 1 N–H and O–H groups in total. The number of ether oxygens (including phenoxy) is 1. The van der Waals surface area contributed by atoms with Crippen molar-refractivity contribution in [2.75, 3.05) is 19.7 Å². The minimum Gasteiger partial charge on any atom is -0.464 e. The molecule has 0 amide bonds. The topological polar surface area (TPSA) is 75.7 Å². The molecule has 116 valence electrons. The smallest absolute Gasteiger partial charge is 0.323 e. The second kappa shape index (κ2) is 6.04. The van der Waals surface area contributed by atoms with Crippen LogP contribution in [0.5, 0.6) is 0 Å². The zero-order chi connectivity index (χ0) is 14.9. The third-order valence-electron chi connectivity index (χ3n) is 3.96. The lowest BCUT2D eigenvalue weighted by Gasteiger charge is -2.34. The van der Waals surface area contributed by atoms with Crippen LogP contribution in [0, 0.1) is 0 Å². The molecular formula is C13H18N2O4S2. The van der Waals surface area contributed by atoms with Crippen LogP contribution < -0.4 is 4.72 Å². The van der Waals surface area contributed by atoms with Crippen LogP contribution in [-0.4, -0.2) is 51.1 Å². The van der Waals surface area contributed by atoms with Gasteiger partial charge in [0.15, 0.2) is 0 Å². The summed E-state index contributed by atoms with van der Waals surface area (Å²) in [6, 6.07) is 3.13. The number of carbonyl (C=O) groups is 1. The van der Waals surface area contributed by atoms with Gasteiger partial charge in [-0.05, 0) is 24.3 Å². The third kappa shape index (κ3) is 3.28. The summed E-state index contributed by atoms with van der Waals surface area (Å²) in [6.45, 7) is 1.93. The minimum absolute atomic E-state index is 0.0641. The highest BCUT2D eigenvalue weighted by atomic mass is 32.2. The van der Waals surface area contributed by atoms with E-state index in [0.717, 1.165) is 19.5 Å². The van der Waals surface area contributed by atoms with Crippen LogP contribution in [0.1, 0.15) is 19.3 Å². The highest BCUT2D eigenvalue weighted by Gasteiger charge is 2.35. The van der Waals surface area contributed by atoms with Crippen molar-refractivity contribution in [1.29, 1.82) is 0 Å². The van der Waals surface area contributed by atoms with Gasteiger partial charge < -0.3 is 4.74 Å². The number of hydrogen-bond acceptors (Lipinski definition) is 6. The molecule has 8 heteroatoms. The van der Waals surface area contributed by atoms with E-state index in [0.29, 0.717) is 23.7 Å². The largest absolute Gasteiger partial charge is 0.464 e. The Morgan fingerprint density at radius 3 is 2.62 bits per heavy atom. The van der Waals surface area contributed by atoms with Gasteiger partial charge in [-0.2, -0.15) is 0 Å². The average Bonchev–Trinajstić information content (AvgIpc) is 3.10. The van der Waals surface area contributed by atoms with E-state index in [1.165, 1.54) is 11.3 Å². The van der Waals surface area contributed by atoms with Crippen LogP contribution >= 0.6 is 11.3 Å². The molecule has 1 aromatic rings. The van der Waals surface area contributed by atoms with Gasteiger partial charge in [-0.3, -0.25) is 9.69 Å². The molecule has 2 fully saturated rings. The first-order valence-corrected chi connectivity index (χ1v) is 9.39. The Labute approximate surface area is 128 Å². The second-order valence-corrected chi connectivity index (χ2v) is 8.22. The van der Waals surface area contributed by atoms with E-state index in [9.17, 15) is 13.2 Å². The summed E-state index contributed by atoms with van der Waals surface area (Å²) in [6.07, 6.45) is 2.17. The fraction of sp³-hybridized carbons (Fsp3) is 0.615. The lowest BCUT2D eigenvalue weighted by molar-refractivity contribution is -0.142. The number of thiophene rings is 1. The second-order valence-electron chi connectivity index (χ2n) is 5.34. The number of cyclic esters (lactones) is 1. The zero-order valence-corrected chi connectivity index (χ0v) is 13.2. The molecular weight excluding hydrogens is 312 g/mol. The highest BCUT2D eigenvalue weighted by molar-refractivity contribution is 7.91. The van der Waals surface area contributed by atoms with Crippen LogP contribution in [0.15, 0.2) is 21.7 Å². The van der Waals surface area contributed by atoms with E-state index in [1.807, 2.05) is 0 Å². The summed E-state index contributed by atoms with van der Waals surface area (Å²) in [4.78, 5) is 13.7. The van der Waals surface area contributed by atoms with Gasteiger partial charge in [0, 0.05) is 25.6 Å². The summed E-state index contributed by atoms with van der Waals surface area (Å²) in [5.41, 5.74) is 0. The number of esters is 1. The first kappa shape index (κ1) is 15.0. The van der Waals surface area contributed by atoms with Crippen molar-refractivity contribution in [2.45, 2.75) is 35.6 Å². The molecule has 1 atom stereocenters. The lowest BCUT2D eigenvalue weighted by Crippen LogP contribution is -2.49. The molecule has 0 spiro atoms. The number of nitrogens with one attached hydrogen (secondary N) is 1. The number of nitrogens with zero attached hydrogens (tertiary/aromatic N) is 1. The van der Waals surface area contributed by atoms with E-state index < -0.39 is 10.0 Å². The molecule has 21 heavy (non-hydrogen) atoms. The molecule has 6 nitrogen and oxygen atoms in total. The Balaban J connectivity index is 1.55. The maximum absolute atomic E-state index is 12.2. The Morgan fingerprint density at radius 2 is 2.05 bits per heavy atom. The standard InChI is InChI=1S/C13H18N2O4S2/c16-13-11(5-8-19-13)15-6-3-10(4-7-15)14-21(17,18)12-2-1-9-20-12/h1-2,9-11,14H,3-8H2/t11-/m1/s1. The number of carbonyl (C=O) groups excluding carboxylic acids is 1. The Kier molecular flexibility index (Phi) is 4.30. The SMILES string of the molecule is O=C1OCC[C@H]1N1CCC(NS(=O)(=O)c2cccs2)CC1. The fourth-order valence-electron chi connectivity index (χ4n) is 2.84. The molecule has 2 aliphatic heterocycles. The van der Waals surface area contributed by atoms with Gasteiger partial charge in [0.25, 0.3) is 0 Å². The number of likely N-dealkylation sites (tertiary alicyclic amines) is 1. The number of hydrogen-bond donors (Lipinski definition) is 1. The molecule has 0 radical (unpaired) electrons. The normalized spacial score (nSPS) is 25.1. The molecule has 0 saturated carbocycles. The van der Waals surface area contributed by atoms with Crippen molar-refractivity contribution in [3.63, 3.8) is 0 Å². The van der Waals surface area contributed by atoms with Crippen LogP contribution in [0.2, 0.25) is 0 Å². The monoisotopic (exact) mass is 330 g/mol. The van der Waals surface area contributed by atoms with Gasteiger partial charge in [0.1, 0.15) is 10.3 Å². The molecule has 0 unspecified atom stereocenters. The van der Waals surface area contributed by atoms with Crippen molar-refractivity contribution in [2.24, 2.45) is 0 Å². The van der Waals surface area contributed by atoms with Gasteiger partial charge in [0.05, 0.1) is 6.61 Å².